The number of fused-ring (bicyclic) bond motifs is 1. The van der Waals surface area contributed by atoms with Crippen molar-refractivity contribution in [2.45, 2.75) is 58.3 Å². The monoisotopic (exact) mass is 595 g/mol. The van der Waals surface area contributed by atoms with Crippen molar-refractivity contribution in [2.75, 3.05) is 40.0 Å². The van der Waals surface area contributed by atoms with Crippen LogP contribution >= 0.6 is 11.6 Å². The molecule has 3 aromatic rings. The van der Waals surface area contributed by atoms with Gasteiger partial charge in [0.2, 0.25) is 11.8 Å². The van der Waals surface area contributed by atoms with Crippen molar-refractivity contribution < 1.29 is 28.5 Å². The summed E-state index contributed by atoms with van der Waals surface area (Å²) in [5.74, 6) is 2.23. The van der Waals surface area contributed by atoms with Crippen LogP contribution in [-0.4, -0.2) is 66.6 Å². The van der Waals surface area contributed by atoms with Crippen molar-refractivity contribution in [3.05, 3.63) is 47.2 Å². The fraction of sp³-hybridized carbons (Fsp3) is 0.500. The quantitative estimate of drug-likeness (QED) is 0.216. The summed E-state index contributed by atoms with van der Waals surface area (Å²) in [4.78, 5) is 35.6. The number of carbonyl (C=O) groups is 2. The Morgan fingerprint density at radius 1 is 1.05 bits per heavy atom. The van der Waals surface area contributed by atoms with Crippen molar-refractivity contribution in [1.29, 1.82) is 0 Å². The van der Waals surface area contributed by atoms with Crippen LogP contribution in [0.5, 0.6) is 23.1 Å². The van der Waals surface area contributed by atoms with Gasteiger partial charge >= 0.3 is 0 Å². The number of methoxy groups -OCH3 is 1. The first kappa shape index (κ1) is 30.0. The van der Waals surface area contributed by atoms with E-state index in [0.29, 0.717) is 76.8 Å². The highest BCUT2D eigenvalue weighted by Crippen LogP contribution is 2.39. The minimum atomic E-state index is 0.171. The fourth-order valence-electron chi connectivity index (χ4n) is 5.39. The van der Waals surface area contributed by atoms with E-state index in [0.717, 1.165) is 57.6 Å². The van der Waals surface area contributed by atoms with Gasteiger partial charge in [0.05, 0.1) is 37.8 Å². The molecule has 10 heteroatoms. The van der Waals surface area contributed by atoms with Crippen molar-refractivity contribution in [3.8, 4) is 23.1 Å². The molecular weight excluding hydrogens is 558 g/mol. The number of ether oxygens (including phenoxy) is 4. The highest BCUT2D eigenvalue weighted by molar-refractivity contribution is 6.31. The molecule has 0 bridgehead atoms. The fourth-order valence-corrected chi connectivity index (χ4v) is 5.63. The molecule has 2 aliphatic heterocycles. The van der Waals surface area contributed by atoms with Crippen molar-refractivity contribution in [1.82, 2.24) is 14.9 Å². The lowest BCUT2D eigenvalue weighted by atomic mass is 9.77. The summed E-state index contributed by atoms with van der Waals surface area (Å²) in [6, 6.07) is 8.85. The number of benzene rings is 2. The predicted molar refractivity (Wildman–Crippen MR) is 160 cm³/mol. The lowest BCUT2D eigenvalue weighted by Gasteiger charge is -2.47. The number of ketones is 1. The number of Topliss-reactive ketones (excluding diaryl/α,β-unsaturated/α-hetero) is 1. The molecule has 0 unspecified atom stereocenters. The smallest absolute Gasteiger partial charge is 0.230 e. The minimum Gasteiger partial charge on any atom is -0.493 e. The van der Waals surface area contributed by atoms with Gasteiger partial charge in [-0.15, -0.1) is 0 Å². The number of hydrogen-bond acceptors (Lipinski definition) is 8. The molecule has 224 valence electrons. The average molecular weight is 596 g/mol. The van der Waals surface area contributed by atoms with E-state index in [1.165, 1.54) is 6.33 Å². The molecule has 0 radical (unpaired) electrons. The first-order chi connectivity index (χ1) is 20.4. The van der Waals surface area contributed by atoms with Gasteiger partial charge in [0.25, 0.3) is 0 Å². The summed E-state index contributed by atoms with van der Waals surface area (Å²) in [7, 11) is 1.57. The molecule has 2 saturated heterocycles. The summed E-state index contributed by atoms with van der Waals surface area (Å²) in [5.41, 5.74) is 1.71. The summed E-state index contributed by atoms with van der Waals surface area (Å²) in [6.45, 7) is 5.71. The largest absolute Gasteiger partial charge is 0.493 e. The number of likely N-dealkylation sites (tertiary alicyclic amines) is 1. The standard InChI is InChI=1S/C32H38ClN3O6/c1-3-4-6-23(37)15-22-8-9-24(16-26(22)33)42-31-25-17-28(39-2)29(18-27(25)34-21-35-31)41-14-5-7-30(38)36-12-10-32(11-13-36)19-40-20-32/h8-9,16-18,21H,3-7,10-15,19-20H2,1-2H3. The topological polar surface area (TPSA) is 100 Å². The molecule has 42 heavy (non-hydrogen) atoms. The molecule has 2 fully saturated rings. The maximum absolute atomic E-state index is 12.7. The Kier molecular flexibility index (Phi) is 9.80. The van der Waals surface area contributed by atoms with Crippen LogP contribution < -0.4 is 14.2 Å². The molecule has 0 saturated carbocycles. The molecular formula is C32H38ClN3O6. The normalized spacial score (nSPS) is 15.8. The van der Waals surface area contributed by atoms with E-state index < -0.39 is 0 Å². The third kappa shape index (κ3) is 7.13. The van der Waals surface area contributed by atoms with E-state index in [1.54, 1.807) is 31.4 Å². The highest BCUT2D eigenvalue weighted by Gasteiger charge is 2.41. The van der Waals surface area contributed by atoms with Crippen molar-refractivity contribution in [3.63, 3.8) is 0 Å². The van der Waals surface area contributed by atoms with Crippen molar-refractivity contribution >= 4 is 34.2 Å². The Morgan fingerprint density at radius 3 is 2.55 bits per heavy atom. The number of unbranched alkanes of at least 4 members (excludes halogenated alkanes) is 1. The summed E-state index contributed by atoms with van der Waals surface area (Å²) >= 11 is 6.47. The van der Waals surface area contributed by atoms with Gasteiger partial charge in [-0.3, -0.25) is 9.59 Å². The number of amides is 1. The number of aromatic nitrogens is 2. The summed E-state index contributed by atoms with van der Waals surface area (Å²) in [6.07, 6.45) is 7.23. The van der Waals surface area contributed by atoms with Gasteiger partial charge in [-0.05, 0) is 49.4 Å². The predicted octanol–water partition coefficient (Wildman–Crippen LogP) is 6.18. The van der Waals surface area contributed by atoms with Gasteiger partial charge in [0, 0.05) is 48.9 Å². The third-order valence-electron chi connectivity index (χ3n) is 8.11. The zero-order valence-electron chi connectivity index (χ0n) is 24.3. The molecule has 9 nitrogen and oxygen atoms in total. The Hall–Kier alpha value is -3.43. The zero-order valence-corrected chi connectivity index (χ0v) is 25.1. The number of hydrogen-bond donors (Lipinski definition) is 0. The van der Waals surface area contributed by atoms with E-state index in [9.17, 15) is 9.59 Å². The highest BCUT2D eigenvalue weighted by atomic mass is 35.5. The second kappa shape index (κ2) is 13.7. The lowest BCUT2D eigenvalue weighted by Crippen LogP contribution is -2.52. The lowest BCUT2D eigenvalue weighted by molar-refractivity contribution is -0.153. The number of rotatable bonds is 13. The van der Waals surface area contributed by atoms with Gasteiger partial charge in [-0.1, -0.05) is 31.0 Å². The van der Waals surface area contributed by atoms with Crippen LogP contribution in [0.4, 0.5) is 0 Å². The number of nitrogens with zero attached hydrogens (tertiary/aromatic N) is 3. The molecule has 1 aromatic heterocycles. The molecule has 1 amide bonds. The Balaban J connectivity index is 1.19. The molecule has 1 spiro atoms. The average Bonchev–Trinajstić information content (AvgIpc) is 2.98. The first-order valence-electron chi connectivity index (χ1n) is 14.7. The number of carbonyl (C=O) groups excluding carboxylic acids is 2. The van der Waals surface area contributed by atoms with E-state index >= 15 is 0 Å². The Morgan fingerprint density at radius 2 is 1.86 bits per heavy atom. The Bertz CT molecular complexity index is 1420. The van der Waals surface area contributed by atoms with Gasteiger partial charge in [-0.25, -0.2) is 9.97 Å². The molecule has 2 aliphatic rings. The van der Waals surface area contributed by atoms with E-state index in [1.807, 2.05) is 11.0 Å². The summed E-state index contributed by atoms with van der Waals surface area (Å²) < 4.78 is 23.1. The van der Waals surface area contributed by atoms with Crippen LogP contribution in [0.3, 0.4) is 0 Å². The van der Waals surface area contributed by atoms with Crippen LogP contribution in [-0.2, 0) is 20.7 Å². The molecule has 5 rings (SSSR count). The van der Waals surface area contributed by atoms with Gasteiger partial charge < -0.3 is 23.8 Å². The van der Waals surface area contributed by atoms with Crippen LogP contribution in [0.1, 0.15) is 57.4 Å². The van der Waals surface area contributed by atoms with Crippen LogP contribution in [0.2, 0.25) is 5.02 Å². The number of halogens is 1. The summed E-state index contributed by atoms with van der Waals surface area (Å²) in [5, 5.41) is 1.12. The van der Waals surface area contributed by atoms with Crippen LogP contribution in [0.25, 0.3) is 10.9 Å². The molecule has 2 aromatic carbocycles. The van der Waals surface area contributed by atoms with E-state index in [-0.39, 0.29) is 11.7 Å². The van der Waals surface area contributed by atoms with Crippen LogP contribution in [0.15, 0.2) is 36.7 Å². The number of piperidine rings is 1. The maximum atomic E-state index is 12.7. The van der Waals surface area contributed by atoms with Gasteiger partial charge in [-0.2, -0.15) is 0 Å². The Labute approximate surface area is 251 Å². The van der Waals surface area contributed by atoms with E-state index in [2.05, 4.69) is 16.9 Å². The maximum Gasteiger partial charge on any atom is 0.230 e. The minimum absolute atomic E-state index is 0.171. The zero-order chi connectivity index (χ0) is 29.5. The van der Waals surface area contributed by atoms with E-state index in [4.69, 9.17) is 30.5 Å². The van der Waals surface area contributed by atoms with Gasteiger partial charge in [0.1, 0.15) is 17.9 Å². The third-order valence-corrected chi connectivity index (χ3v) is 8.46. The second-order valence-corrected chi connectivity index (χ2v) is 11.6. The van der Waals surface area contributed by atoms with Crippen molar-refractivity contribution in [2.24, 2.45) is 5.41 Å². The van der Waals surface area contributed by atoms with Crippen LogP contribution in [0, 0.1) is 5.41 Å². The molecule has 3 heterocycles. The second-order valence-electron chi connectivity index (χ2n) is 11.2. The SMILES string of the molecule is CCCCC(=O)Cc1ccc(Oc2ncnc3cc(OCCCC(=O)N4CCC5(CC4)COC5)c(OC)cc23)cc1Cl. The van der Waals surface area contributed by atoms with Gasteiger partial charge in [0.15, 0.2) is 11.5 Å². The molecule has 0 N–H and O–H groups in total. The molecule has 0 atom stereocenters. The first-order valence-corrected chi connectivity index (χ1v) is 15.1. The molecule has 0 aliphatic carbocycles.